The number of alkyl halides is 1. The predicted molar refractivity (Wildman–Crippen MR) is 117 cm³/mol. The zero-order valence-corrected chi connectivity index (χ0v) is 16.6. The highest BCUT2D eigenvalue weighted by Gasteiger charge is 2.12. The molecule has 142 valence electrons. The van der Waals surface area contributed by atoms with Crippen molar-refractivity contribution in [3.63, 3.8) is 0 Å². The van der Waals surface area contributed by atoms with Crippen molar-refractivity contribution in [2.45, 2.75) is 31.7 Å². The summed E-state index contributed by atoms with van der Waals surface area (Å²) in [7, 11) is 0. The Balaban J connectivity index is 1.53. The number of aromatic amines is 1. The van der Waals surface area contributed by atoms with Gasteiger partial charge in [-0.05, 0) is 48.6 Å². The molecule has 4 aromatic rings. The molecular weight excluding hydrogens is 368 g/mol. The molecule has 2 aromatic carbocycles. The van der Waals surface area contributed by atoms with Crippen LogP contribution in [0.25, 0.3) is 22.3 Å². The van der Waals surface area contributed by atoms with Crippen molar-refractivity contribution < 1.29 is 0 Å². The monoisotopic (exact) mass is 390 g/mol. The molecule has 2 N–H and O–H groups in total. The van der Waals surface area contributed by atoms with Crippen LogP contribution in [0.4, 0.5) is 5.82 Å². The summed E-state index contributed by atoms with van der Waals surface area (Å²) in [6, 6.07) is 21.2. The Morgan fingerprint density at radius 2 is 1.82 bits per heavy atom. The molecule has 0 spiro atoms. The molecule has 5 heteroatoms. The lowest BCUT2D eigenvalue weighted by molar-refractivity contribution is 0.703. The fourth-order valence-corrected chi connectivity index (χ4v) is 3.53. The Labute approximate surface area is 170 Å². The topological polar surface area (TPSA) is 53.6 Å². The van der Waals surface area contributed by atoms with Crippen LogP contribution >= 0.6 is 11.6 Å². The number of hydrogen-bond donors (Lipinski definition) is 2. The number of rotatable bonds is 7. The van der Waals surface area contributed by atoms with E-state index in [1.165, 1.54) is 5.56 Å². The highest BCUT2D eigenvalue weighted by molar-refractivity contribution is 6.17. The summed E-state index contributed by atoms with van der Waals surface area (Å²) in [4.78, 5) is 12.3. The summed E-state index contributed by atoms with van der Waals surface area (Å²) in [6.07, 6.45) is 3.67. The molecular formula is C23H23ClN4. The minimum atomic E-state index is 0.302. The first kappa shape index (κ1) is 18.5. The SMILES string of the molecule is C[C@H](CCc1ccccc1)Nc1ncnc2[nH]c(-c3cccc(CCl)c3)cc12. The van der Waals surface area contributed by atoms with Crippen LogP contribution in [0, 0.1) is 0 Å². The molecule has 28 heavy (non-hydrogen) atoms. The number of aryl methyl sites for hydroxylation is 1. The number of H-pyrrole nitrogens is 1. The minimum absolute atomic E-state index is 0.302. The lowest BCUT2D eigenvalue weighted by Gasteiger charge is -2.14. The number of nitrogens with one attached hydrogen (secondary N) is 2. The molecule has 0 amide bonds. The first-order valence-corrected chi connectivity index (χ1v) is 10.1. The van der Waals surface area contributed by atoms with E-state index in [4.69, 9.17) is 11.6 Å². The summed E-state index contributed by atoms with van der Waals surface area (Å²) >= 11 is 5.98. The molecule has 1 atom stereocenters. The van der Waals surface area contributed by atoms with Crippen molar-refractivity contribution in [3.05, 3.63) is 78.1 Å². The smallest absolute Gasteiger partial charge is 0.143 e. The van der Waals surface area contributed by atoms with Gasteiger partial charge in [-0.15, -0.1) is 11.6 Å². The van der Waals surface area contributed by atoms with Crippen molar-refractivity contribution >= 4 is 28.5 Å². The van der Waals surface area contributed by atoms with E-state index in [9.17, 15) is 0 Å². The molecule has 2 aromatic heterocycles. The van der Waals surface area contributed by atoms with Crippen molar-refractivity contribution in [1.82, 2.24) is 15.0 Å². The van der Waals surface area contributed by atoms with E-state index in [1.807, 2.05) is 12.1 Å². The summed E-state index contributed by atoms with van der Waals surface area (Å²) < 4.78 is 0. The van der Waals surface area contributed by atoms with Crippen LogP contribution in [0.1, 0.15) is 24.5 Å². The first-order valence-electron chi connectivity index (χ1n) is 9.52. The zero-order chi connectivity index (χ0) is 19.3. The molecule has 0 fully saturated rings. The fourth-order valence-electron chi connectivity index (χ4n) is 3.37. The zero-order valence-electron chi connectivity index (χ0n) is 15.8. The quantitative estimate of drug-likeness (QED) is 0.392. The van der Waals surface area contributed by atoms with Gasteiger partial charge < -0.3 is 10.3 Å². The van der Waals surface area contributed by atoms with Crippen LogP contribution < -0.4 is 5.32 Å². The number of anilines is 1. The molecule has 0 saturated heterocycles. The van der Waals surface area contributed by atoms with E-state index >= 15 is 0 Å². The van der Waals surface area contributed by atoms with Crippen molar-refractivity contribution in [1.29, 1.82) is 0 Å². The van der Waals surface area contributed by atoms with Gasteiger partial charge in [-0.25, -0.2) is 9.97 Å². The molecule has 0 unspecified atom stereocenters. The highest BCUT2D eigenvalue weighted by atomic mass is 35.5. The largest absolute Gasteiger partial charge is 0.367 e. The van der Waals surface area contributed by atoms with Gasteiger partial charge in [0.05, 0.1) is 5.39 Å². The number of halogens is 1. The molecule has 0 aliphatic carbocycles. The molecule has 0 aliphatic rings. The molecule has 0 aliphatic heterocycles. The second kappa shape index (κ2) is 8.44. The van der Waals surface area contributed by atoms with E-state index in [-0.39, 0.29) is 0 Å². The third-order valence-corrected chi connectivity index (χ3v) is 5.22. The van der Waals surface area contributed by atoms with Crippen LogP contribution in [0.15, 0.2) is 67.0 Å². The van der Waals surface area contributed by atoms with E-state index < -0.39 is 0 Å². The second-order valence-electron chi connectivity index (χ2n) is 7.07. The van der Waals surface area contributed by atoms with Gasteiger partial charge in [-0.3, -0.25) is 0 Å². The minimum Gasteiger partial charge on any atom is -0.367 e. The van der Waals surface area contributed by atoms with Gasteiger partial charge in [0, 0.05) is 17.6 Å². The Kier molecular flexibility index (Phi) is 5.58. The number of nitrogens with zero attached hydrogens (tertiary/aromatic N) is 2. The van der Waals surface area contributed by atoms with Crippen molar-refractivity contribution in [3.8, 4) is 11.3 Å². The average Bonchev–Trinajstić information content (AvgIpc) is 3.19. The Morgan fingerprint density at radius 3 is 2.64 bits per heavy atom. The Bertz CT molecular complexity index is 1060. The summed E-state index contributed by atoms with van der Waals surface area (Å²) in [5, 5.41) is 4.55. The third-order valence-electron chi connectivity index (χ3n) is 4.91. The summed E-state index contributed by atoms with van der Waals surface area (Å²) in [6.45, 7) is 2.19. The van der Waals surface area contributed by atoms with Gasteiger partial charge in [0.15, 0.2) is 0 Å². The van der Waals surface area contributed by atoms with E-state index in [1.54, 1.807) is 6.33 Å². The van der Waals surface area contributed by atoms with Gasteiger partial charge in [0.2, 0.25) is 0 Å². The maximum Gasteiger partial charge on any atom is 0.143 e. The fraction of sp³-hybridized carbons (Fsp3) is 0.217. The first-order chi connectivity index (χ1) is 13.7. The summed E-state index contributed by atoms with van der Waals surface area (Å²) in [5.74, 6) is 1.36. The third kappa shape index (κ3) is 4.18. The number of fused-ring (bicyclic) bond motifs is 1. The Morgan fingerprint density at radius 1 is 1.00 bits per heavy atom. The van der Waals surface area contributed by atoms with Gasteiger partial charge in [-0.1, -0.05) is 48.5 Å². The maximum absolute atomic E-state index is 5.98. The van der Waals surface area contributed by atoms with Crippen LogP contribution in [-0.2, 0) is 12.3 Å². The molecule has 4 rings (SSSR count). The highest BCUT2D eigenvalue weighted by Crippen LogP contribution is 2.28. The van der Waals surface area contributed by atoms with Crippen LogP contribution in [-0.4, -0.2) is 21.0 Å². The molecule has 0 radical (unpaired) electrons. The van der Waals surface area contributed by atoms with Crippen molar-refractivity contribution in [2.24, 2.45) is 0 Å². The molecule has 2 heterocycles. The lowest BCUT2D eigenvalue weighted by Crippen LogP contribution is -2.17. The van der Waals surface area contributed by atoms with Gasteiger partial charge >= 0.3 is 0 Å². The molecule has 0 saturated carbocycles. The van der Waals surface area contributed by atoms with Crippen LogP contribution in [0.3, 0.4) is 0 Å². The van der Waals surface area contributed by atoms with E-state index in [0.717, 1.165) is 46.5 Å². The van der Waals surface area contributed by atoms with Gasteiger partial charge in [0.25, 0.3) is 0 Å². The van der Waals surface area contributed by atoms with Crippen LogP contribution in [0.5, 0.6) is 0 Å². The maximum atomic E-state index is 5.98. The van der Waals surface area contributed by atoms with E-state index in [0.29, 0.717) is 11.9 Å². The van der Waals surface area contributed by atoms with Gasteiger partial charge in [-0.2, -0.15) is 0 Å². The lowest BCUT2D eigenvalue weighted by atomic mass is 10.1. The average molecular weight is 391 g/mol. The summed E-state index contributed by atoms with van der Waals surface area (Å²) in [5.41, 5.74) is 5.39. The standard InChI is InChI=1S/C23H23ClN4/c1-16(10-11-17-6-3-2-4-7-17)27-22-20-13-21(28-23(20)26-15-25-22)19-9-5-8-18(12-19)14-24/h2-9,12-13,15-16H,10-11,14H2,1H3,(H2,25,26,27,28)/t16-/m1/s1. The Hall–Kier alpha value is -2.85. The number of benzene rings is 2. The van der Waals surface area contributed by atoms with E-state index in [2.05, 4.69) is 75.7 Å². The molecule has 4 nitrogen and oxygen atoms in total. The molecule has 0 bridgehead atoms. The van der Waals surface area contributed by atoms with Crippen LogP contribution in [0.2, 0.25) is 0 Å². The number of hydrogen-bond acceptors (Lipinski definition) is 3. The normalized spacial score (nSPS) is 12.2. The van der Waals surface area contributed by atoms with Crippen molar-refractivity contribution in [2.75, 3.05) is 5.32 Å². The number of aromatic nitrogens is 3. The second-order valence-corrected chi connectivity index (χ2v) is 7.34. The predicted octanol–water partition coefficient (Wildman–Crippen LogP) is 5.80. The van der Waals surface area contributed by atoms with Gasteiger partial charge in [0.1, 0.15) is 17.8 Å².